The molecular formula is C22H30O3. The van der Waals surface area contributed by atoms with Gasteiger partial charge in [0.05, 0.1) is 6.10 Å². The Kier molecular flexibility index (Phi) is 4.06. The van der Waals surface area contributed by atoms with E-state index in [0.717, 1.165) is 12.8 Å². The summed E-state index contributed by atoms with van der Waals surface area (Å²) in [5.74, 6) is 2.32. The average molecular weight is 342 g/mol. The smallest absolute Gasteiger partial charge is 0.178 e. The molecule has 0 radical (unpaired) electrons. The third kappa shape index (κ3) is 2.58. The predicted molar refractivity (Wildman–Crippen MR) is 97.0 cm³/mol. The first kappa shape index (κ1) is 17.2. The molecule has 3 nitrogen and oxygen atoms in total. The van der Waals surface area contributed by atoms with Crippen molar-refractivity contribution in [3.8, 4) is 0 Å². The molecule has 25 heavy (non-hydrogen) atoms. The summed E-state index contributed by atoms with van der Waals surface area (Å²) in [6, 6.07) is 0. The molecule has 4 aliphatic carbocycles. The predicted octanol–water partition coefficient (Wildman–Crippen LogP) is 4.27. The number of rotatable bonds is 3. The molecule has 3 saturated carbocycles. The molecule has 0 heterocycles. The van der Waals surface area contributed by atoms with E-state index < -0.39 is 0 Å². The molecule has 0 aromatic heterocycles. The van der Waals surface area contributed by atoms with Crippen LogP contribution in [0.2, 0.25) is 0 Å². The van der Waals surface area contributed by atoms with Gasteiger partial charge < -0.3 is 4.74 Å². The lowest BCUT2D eigenvalue weighted by molar-refractivity contribution is -0.130. The van der Waals surface area contributed by atoms with E-state index in [2.05, 4.69) is 19.9 Å². The van der Waals surface area contributed by atoms with Gasteiger partial charge in [-0.05, 0) is 80.8 Å². The molecular weight excluding hydrogens is 312 g/mol. The molecule has 6 atom stereocenters. The van der Waals surface area contributed by atoms with E-state index in [4.69, 9.17) is 4.74 Å². The number of ketones is 2. The van der Waals surface area contributed by atoms with Crippen LogP contribution in [0.4, 0.5) is 0 Å². The van der Waals surface area contributed by atoms with Gasteiger partial charge in [-0.3, -0.25) is 9.59 Å². The van der Waals surface area contributed by atoms with Crippen LogP contribution in [0.5, 0.6) is 0 Å². The summed E-state index contributed by atoms with van der Waals surface area (Å²) in [5, 5.41) is 0. The number of allylic oxidation sites excluding steroid dienone is 4. The second kappa shape index (κ2) is 5.90. The van der Waals surface area contributed by atoms with Crippen LogP contribution in [0.25, 0.3) is 0 Å². The Morgan fingerprint density at radius 1 is 1.20 bits per heavy atom. The van der Waals surface area contributed by atoms with E-state index in [-0.39, 0.29) is 35.1 Å². The van der Waals surface area contributed by atoms with Gasteiger partial charge in [0.1, 0.15) is 6.61 Å². The first-order valence-corrected chi connectivity index (χ1v) is 9.90. The fourth-order valence-corrected chi connectivity index (χ4v) is 6.64. The number of carbonyl (C=O) groups excluding carboxylic acids is 2. The highest BCUT2D eigenvalue weighted by Gasteiger charge is 2.58. The minimum atomic E-state index is 0.0660. The number of hydrogen-bond donors (Lipinski definition) is 0. The lowest BCUT2D eigenvalue weighted by Crippen LogP contribution is -2.50. The molecule has 0 aliphatic heterocycles. The minimum absolute atomic E-state index is 0.0660. The van der Waals surface area contributed by atoms with E-state index in [0.29, 0.717) is 17.8 Å². The highest BCUT2D eigenvalue weighted by molar-refractivity contribution is 6.01. The zero-order valence-corrected chi connectivity index (χ0v) is 15.7. The van der Waals surface area contributed by atoms with Crippen molar-refractivity contribution in [3.05, 3.63) is 23.8 Å². The number of fused-ring (bicyclic) bond motifs is 5. The van der Waals surface area contributed by atoms with Crippen molar-refractivity contribution in [1.82, 2.24) is 0 Å². The topological polar surface area (TPSA) is 43.4 Å². The van der Waals surface area contributed by atoms with Gasteiger partial charge in [0.15, 0.2) is 11.6 Å². The Morgan fingerprint density at radius 2 is 2.00 bits per heavy atom. The Labute approximate surface area is 150 Å². The van der Waals surface area contributed by atoms with Gasteiger partial charge >= 0.3 is 0 Å². The second-order valence-electron chi connectivity index (χ2n) is 9.23. The van der Waals surface area contributed by atoms with Crippen LogP contribution in [0, 0.1) is 28.6 Å². The third-order valence-corrected chi connectivity index (χ3v) is 7.96. The summed E-state index contributed by atoms with van der Waals surface area (Å²) in [4.78, 5) is 23.2. The monoisotopic (exact) mass is 342 g/mol. The molecule has 0 bridgehead atoms. The van der Waals surface area contributed by atoms with Crippen LogP contribution in [-0.4, -0.2) is 24.3 Å². The summed E-state index contributed by atoms with van der Waals surface area (Å²) in [6.45, 7) is 6.62. The van der Waals surface area contributed by atoms with Gasteiger partial charge in [-0.25, -0.2) is 0 Å². The number of hydrogen-bond acceptors (Lipinski definition) is 3. The number of carbonyl (C=O) groups is 2. The van der Waals surface area contributed by atoms with E-state index in [1.807, 2.05) is 6.08 Å². The van der Waals surface area contributed by atoms with Crippen LogP contribution in [0.15, 0.2) is 23.8 Å². The summed E-state index contributed by atoms with van der Waals surface area (Å²) in [6.07, 6.45) is 13.1. The molecule has 0 N–H and O–H groups in total. The highest BCUT2D eigenvalue weighted by atomic mass is 16.5. The van der Waals surface area contributed by atoms with Gasteiger partial charge in [-0.1, -0.05) is 25.5 Å². The Morgan fingerprint density at radius 3 is 2.76 bits per heavy atom. The van der Waals surface area contributed by atoms with Crippen molar-refractivity contribution >= 4 is 11.6 Å². The van der Waals surface area contributed by atoms with Crippen molar-refractivity contribution in [2.75, 3.05) is 6.61 Å². The molecule has 0 spiro atoms. The molecule has 1 unspecified atom stereocenters. The Hall–Kier alpha value is -1.22. The largest absolute Gasteiger partial charge is 0.370 e. The highest BCUT2D eigenvalue weighted by Crippen LogP contribution is 2.64. The fraction of sp³-hybridized carbons (Fsp3) is 0.727. The first-order valence-electron chi connectivity index (χ1n) is 9.90. The number of ether oxygens (including phenoxy) is 1. The zero-order chi connectivity index (χ0) is 17.8. The van der Waals surface area contributed by atoms with Crippen LogP contribution < -0.4 is 0 Å². The SMILES string of the molecule is CC(=O)COC1CC[C@H]2[C@@H]3CCC4=CC(=O)C=C[C@]4(C)[C@H]3CC[C@]12C. The van der Waals surface area contributed by atoms with Gasteiger partial charge in [0, 0.05) is 5.41 Å². The van der Waals surface area contributed by atoms with Crippen LogP contribution >= 0.6 is 0 Å². The third-order valence-electron chi connectivity index (χ3n) is 7.96. The van der Waals surface area contributed by atoms with Crippen molar-refractivity contribution < 1.29 is 14.3 Å². The summed E-state index contributed by atoms with van der Waals surface area (Å²) < 4.78 is 6.04. The normalized spacial score (nSPS) is 45.4. The molecule has 0 aromatic rings. The van der Waals surface area contributed by atoms with Crippen molar-refractivity contribution in [1.29, 1.82) is 0 Å². The molecule has 136 valence electrons. The molecule has 4 aliphatic rings. The van der Waals surface area contributed by atoms with Crippen LogP contribution in [0.3, 0.4) is 0 Å². The zero-order valence-electron chi connectivity index (χ0n) is 15.7. The lowest BCUT2D eigenvalue weighted by atomic mass is 9.48. The standard InChI is InChI=1S/C22H30O3/c1-14(23)13-25-20-7-6-18-17-5-4-15-12-16(24)8-10-21(15,2)19(17)9-11-22(18,20)3/h8,10,12,17-20H,4-7,9,11,13H2,1-3H3/t17-,18-,19-,20?,21-,22-/m0/s1. The second-order valence-corrected chi connectivity index (χ2v) is 9.23. The summed E-state index contributed by atoms with van der Waals surface area (Å²) in [7, 11) is 0. The van der Waals surface area contributed by atoms with Crippen molar-refractivity contribution in [3.63, 3.8) is 0 Å². The molecule has 3 heteroatoms. The van der Waals surface area contributed by atoms with Gasteiger partial charge in [0.2, 0.25) is 0 Å². The van der Waals surface area contributed by atoms with Crippen LogP contribution in [0.1, 0.15) is 59.3 Å². The Bertz CT molecular complexity index is 660. The maximum Gasteiger partial charge on any atom is 0.178 e. The van der Waals surface area contributed by atoms with Gasteiger partial charge in [0.25, 0.3) is 0 Å². The van der Waals surface area contributed by atoms with Gasteiger partial charge in [-0.2, -0.15) is 0 Å². The van der Waals surface area contributed by atoms with E-state index >= 15 is 0 Å². The van der Waals surface area contributed by atoms with Crippen molar-refractivity contribution in [2.45, 2.75) is 65.4 Å². The maximum absolute atomic E-state index is 11.8. The Balaban J connectivity index is 1.58. The number of Topliss-reactive ketones (excluding diaryl/α,β-unsaturated/α-hetero) is 1. The first-order chi connectivity index (χ1) is 11.8. The van der Waals surface area contributed by atoms with E-state index in [1.54, 1.807) is 13.0 Å². The van der Waals surface area contributed by atoms with E-state index in [1.165, 1.54) is 31.3 Å². The van der Waals surface area contributed by atoms with Crippen molar-refractivity contribution in [2.24, 2.45) is 28.6 Å². The minimum Gasteiger partial charge on any atom is -0.370 e. The maximum atomic E-state index is 11.8. The summed E-state index contributed by atoms with van der Waals surface area (Å²) in [5.41, 5.74) is 1.63. The molecule has 0 saturated heterocycles. The average Bonchev–Trinajstić information content (AvgIpc) is 2.90. The molecule has 0 amide bonds. The molecule has 0 aromatic carbocycles. The molecule has 4 rings (SSSR count). The lowest BCUT2D eigenvalue weighted by Gasteiger charge is -2.56. The fourth-order valence-electron chi connectivity index (χ4n) is 6.64. The van der Waals surface area contributed by atoms with Gasteiger partial charge in [-0.15, -0.1) is 0 Å². The molecule has 3 fully saturated rings. The quantitative estimate of drug-likeness (QED) is 0.769. The van der Waals surface area contributed by atoms with Crippen LogP contribution in [-0.2, 0) is 14.3 Å². The van der Waals surface area contributed by atoms with E-state index in [9.17, 15) is 9.59 Å². The summed E-state index contributed by atoms with van der Waals surface area (Å²) >= 11 is 0.